The van der Waals surface area contributed by atoms with Crippen LogP contribution in [0.1, 0.15) is 18.1 Å². The van der Waals surface area contributed by atoms with Crippen molar-refractivity contribution in [1.82, 2.24) is 4.90 Å². The summed E-state index contributed by atoms with van der Waals surface area (Å²) in [6.45, 7) is 9.08. The fraction of sp³-hybridized carbons (Fsp3) is 0.381. The van der Waals surface area contributed by atoms with Crippen LogP contribution in [0.2, 0.25) is 0 Å². The normalized spacial score (nSPS) is 15.8. The maximum atomic E-state index is 12.7. The van der Waals surface area contributed by atoms with Crippen LogP contribution in [0.15, 0.2) is 48.5 Å². The van der Waals surface area contributed by atoms with Gasteiger partial charge in [-0.15, -0.1) is 0 Å². The van der Waals surface area contributed by atoms with Crippen molar-refractivity contribution >= 4 is 11.6 Å². The number of para-hydroxylation sites is 1. The minimum atomic E-state index is -0.468. The summed E-state index contributed by atoms with van der Waals surface area (Å²) in [6, 6.07) is 16.4. The molecule has 1 aliphatic heterocycles. The van der Waals surface area contributed by atoms with Crippen LogP contribution in [0.4, 0.5) is 5.69 Å². The molecule has 1 fully saturated rings. The van der Waals surface area contributed by atoms with Gasteiger partial charge in [0, 0.05) is 31.9 Å². The monoisotopic (exact) mass is 338 g/mol. The third-order valence-electron chi connectivity index (χ3n) is 4.57. The third-order valence-corrected chi connectivity index (χ3v) is 4.57. The molecule has 2 aromatic carbocycles. The summed E-state index contributed by atoms with van der Waals surface area (Å²) in [7, 11) is 0. The Balaban J connectivity index is 1.56. The maximum absolute atomic E-state index is 12.7. The van der Waals surface area contributed by atoms with Gasteiger partial charge in [0.1, 0.15) is 5.75 Å². The number of hydrogen-bond donors (Lipinski definition) is 0. The molecular weight excluding hydrogens is 312 g/mol. The molecular formula is C21H26N2O2. The highest BCUT2D eigenvalue weighted by atomic mass is 16.5. The summed E-state index contributed by atoms with van der Waals surface area (Å²) in [5, 5.41) is 0. The zero-order valence-corrected chi connectivity index (χ0v) is 15.2. The predicted octanol–water partition coefficient (Wildman–Crippen LogP) is 3.42. The summed E-state index contributed by atoms with van der Waals surface area (Å²) in [5.41, 5.74) is 3.51. The summed E-state index contributed by atoms with van der Waals surface area (Å²) >= 11 is 0. The highest BCUT2D eigenvalue weighted by Gasteiger charge is 2.26. The average Bonchev–Trinajstić information content (AvgIpc) is 2.61. The lowest BCUT2D eigenvalue weighted by atomic mass is 10.1. The van der Waals surface area contributed by atoms with E-state index >= 15 is 0 Å². The first kappa shape index (κ1) is 17.3. The van der Waals surface area contributed by atoms with Crippen LogP contribution in [0, 0.1) is 13.8 Å². The first-order valence-corrected chi connectivity index (χ1v) is 8.86. The van der Waals surface area contributed by atoms with Gasteiger partial charge in [0.25, 0.3) is 5.91 Å². The van der Waals surface area contributed by atoms with Crippen molar-refractivity contribution in [1.29, 1.82) is 0 Å². The molecule has 0 N–H and O–H groups in total. The fourth-order valence-corrected chi connectivity index (χ4v) is 3.34. The smallest absolute Gasteiger partial charge is 0.263 e. The summed E-state index contributed by atoms with van der Waals surface area (Å²) < 4.78 is 5.90. The molecule has 25 heavy (non-hydrogen) atoms. The minimum absolute atomic E-state index is 0.0619. The van der Waals surface area contributed by atoms with Crippen molar-refractivity contribution in [2.24, 2.45) is 0 Å². The van der Waals surface area contributed by atoms with Crippen LogP contribution < -0.4 is 9.64 Å². The number of benzene rings is 2. The number of aryl methyl sites for hydroxylation is 2. The number of carbonyl (C=O) groups is 1. The van der Waals surface area contributed by atoms with E-state index < -0.39 is 6.10 Å². The molecule has 0 aromatic heterocycles. The second-order valence-corrected chi connectivity index (χ2v) is 6.73. The van der Waals surface area contributed by atoms with E-state index in [0.717, 1.165) is 43.1 Å². The van der Waals surface area contributed by atoms with Crippen molar-refractivity contribution in [2.45, 2.75) is 26.9 Å². The minimum Gasteiger partial charge on any atom is -0.481 e. The highest BCUT2D eigenvalue weighted by molar-refractivity contribution is 5.81. The third kappa shape index (κ3) is 4.32. The van der Waals surface area contributed by atoms with Gasteiger partial charge in [0.15, 0.2) is 6.10 Å². The number of anilines is 1. The molecule has 1 amide bonds. The van der Waals surface area contributed by atoms with Crippen molar-refractivity contribution < 1.29 is 9.53 Å². The molecule has 0 saturated carbocycles. The van der Waals surface area contributed by atoms with Gasteiger partial charge >= 0.3 is 0 Å². The van der Waals surface area contributed by atoms with Gasteiger partial charge in [-0.25, -0.2) is 0 Å². The summed E-state index contributed by atoms with van der Waals surface area (Å²) in [4.78, 5) is 16.9. The number of ether oxygens (including phenoxy) is 1. The second kappa shape index (κ2) is 7.60. The quantitative estimate of drug-likeness (QED) is 0.856. The Bertz CT molecular complexity index is 702. The van der Waals surface area contributed by atoms with E-state index in [2.05, 4.69) is 23.1 Å². The first-order valence-electron chi connectivity index (χ1n) is 8.86. The predicted molar refractivity (Wildman–Crippen MR) is 101 cm³/mol. The van der Waals surface area contributed by atoms with E-state index in [0.29, 0.717) is 0 Å². The van der Waals surface area contributed by atoms with E-state index in [4.69, 9.17) is 4.74 Å². The molecule has 1 heterocycles. The average molecular weight is 338 g/mol. The second-order valence-electron chi connectivity index (χ2n) is 6.73. The van der Waals surface area contributed by atoms with Crippen molar-refractivity contribution in [3.05, 3.63) is 59.7 Å². The van der Waals surface area contributed by atoms with Crippen LogP contribution >= 0.6 is 0 Å². The molecule has 4 heteroatoms. The Morgan fingerprint density at radius 1 is 0.960 bits per heavy atom. The van der Waals surface area contributed by atoms with Gasteiger partial charge < -0.3 is 14.5 Å². The molecule has 3 rings (SSSR count). The van der Waals surface area contributed by atoms with E-state index in [1.165, 1.54) is 5.69 Å². The van der Waals surface area contributed by atoms with E-state index in [1.807, 2.05) is 56.0 Å². The maximum Gasteiger partial charge on any atom is 0.263 e. The molecule has 2 aromatic rings. The molecule has 1 aliphatic rings. The van der Waals surface area contributed by atoms with Crippen LogP contribution in [0.25, 0.3) is 0 Å². The zero-order valence-electron chi connectivity index (χ0n) is 15.2. The van der Waals surface area contributed by atoms with E-state index in [9.17, 15) is 4.79 Å². The van der Waals surface area contributed by atoms with Crippen molar-refractivity contribution in [2.75, 3.05) is 31.1 Å². The molecule has 1 unspecified atom stereocenters. The van der Waals surface area contributed by atoms with Gasteiger partial charge in [0.2, 0.25) is 0 Å². The van der Waals surface area contributed by atoms with Gasteiger partial charge in [-0.05, 0) is 56.2 Å². The number of nitrogens with zero attached hydrogens (tertiary/aromatic N) is 2. The van der Waals surface area contributed by atoms with Crippen LogP contribution in [-0.4, -0.2) is 43.1 Å². The van der Waals surface area contributed by atoms with E-state index in [1.54, 1.807) is 0 Å². The van der Waals surface area contributed by atoms with E-state index in [-0.39, 0.29) is 5.91 Å². The SMILES string of the molecule is Cc1cc(C)cc(OC(C)C(=O)N2CCN(c3ccccc3)CC2)c1. The Morgan fingerprint density at radius 2 is 1.56 bits per heavy atom. The van der Waals surface area contributed by atoms with Gasteiger partial charge in [-0.1, -0.05) is 24.3 Å². The number of hydrogen-bond acceptors (Lipinski definition) is 3. The Morgan fingerprint density at radius 3 is 2.16 bits per heavy atom. The van der Waals surface area contributed by atoms with Crippen molar-refractivity contribution in [3.8, 4) is 5.75 Å². The largest absolute Gasteiger partial charge is 0.481 e. The van der Waals surface area contributed by atoms with Crippen molar-refractivity contribution in [3.63, 3.8) is 0 Å². The zero-order chi connectivity index (χ0) is 17.8. The number of rotatable bonds is 4. The Labute approximate surface area is 150 Å². The Hall–Kier alpha value is -2.49. The van der Waals surface area contributed by atoms with Crippen LogP contribution in [0.5, 0.6) is 5.75 Å². The lowest BCUT2D eigenvalue weighted by molar-refractivity contribution is -0.138. The topological polar surface area (TPSA) is 32.8 Å². The molecule has 0 spiro atoms. The summed E-state index contributed by atoms with van der Waals surface area (Å²) in [6.07, 6.45) is -0.468. The van der Waals surface area contributed by atoms with Crippen LogP contribution in [0.3, 0.4) is 0 Å². The first-order chi connectivity index (χ1) is 12.0. The highest BCUT2D eigenvalue weighted by Crippen LogP contribution is 2.19. The van der Waals surface area contributed by atoms with Gasteiger partial charge in [-0.3, -0.25) is 4.79 Å². The number of amides is 1. The lowest BCUT2D eigenvalue weighted by Crippen LogP contribution is -2.52. The lowest BCUT2D eigenvalue weighted by Gasteiger charge is -2.37. The standard InChI is InChI=1S/C21H26N2O2/c1-16-13-17(2)15-20(14-16)25-18(3)21(24)23-11-9-22(10-12-23)19-7-5-4-6-8-19/h4-8,13-15,18H,9-12H2,1-3H3. The number of piperazine rings is 1. The molecule has 4 nitrogen and oxygen atoms in total. The molecule has 0 aliphatic carbocycles. The van der Waals surface area contributed by atoms with Gasteiger partial charge in [-0.2, -0.15) is 0 Å². The molecule has 0 radical (unpaired) electrons. The Kier molecular flexibility index (Phi) is 5.27. The number of carbonyl (C=O) groups excluding carboxylic acids is 1. The van der Waals surface area contributed by atoms with Crippen LogP contribution in [-0.2, 0) is 4.79 Å². The molecule has 1 atom stereocenters. The molecule has 1 saturated heterocycles. The molecule has 0 bridgehead atoms. The fourth-order valence-electron chi connectivity index (χ4n) is 3.34. The van der Waals surface area contributed by atoms with Gasteiger partial charge in [0.05, 0.1) is 0 Å². The molecule has 132 valence electrons. The summed E-state index contributed by atoms with van der Waals surface area (Å²) in [5.74, 6) is 0.827.